The van der Waals surface area contributed by atoms with Crippen LogP contribution in [0, 0.1) is 13.8 Å². The van der Waals surface area contributed by atoms with Gasteiger partial charge in [-0.25, -0.2) is 4.68 Å². The molecule has 2 amide bonds. The molecule has 0 saturated carbocycles. The van der Waals surface area contributed by atoms with Gasteiger partial charge in [-0.3, -0.25) is 14.5 Å². The number of aryl methyl sites for hydroxylation is 1. The fourth-order valence-corrected chi connectivity index (χ4v) is 3.72. The third-order valence-corrected chi connectivity index (χ3v) is 5.49. The molecule has 1 saturated heterocycles. The van der Waals surface area contributed by atoms with Crippen LogP contribution in [0.25, 0.3) is 5.69 Å². The predicted octanol–water partition coefficient (Wildman–Crippen LogP) is 0.938. The molecule has 0 atom stereocenters. The van der Waals surface area contributed by atoms with Crippen LogP contribution in [0.5, 0.6) is 0 Å². The third-order valence-electron chi connectivity index (χ3n) is 5.49. The molecule has 1 fully saturated rings. The van der Waals surface area contributed by atoms with E-state index in [1.54, 1.807) is 7.11 Å². The molecule has 30 heavy (non-hydrogen) atoms. The number of rotatable bonds is 8. The van der Waals surface area contributed by atoms with E-state index in [2.05, 4.69) is 15.3 Å². The normalized spacial score (nSPS) is 14.7. The Hall–Kier alpha value is -2.71. The van der Waals surface area contributed by atoms with E-state index in [9.17, 15) is 9.59 Å². The lowest BCUT2D eigenvalue weighted by atomic mass is 10.1. The number of hydrogen-bond donors (Lipinski definition) is 1. The molecule has 1 aromatic heterocycles. The van der Waals surface area contributed by atoms with Crippen molar-refractivity contribution in [2.75, 3.05) is 53.0 Å². The number of benzene rings is 1. The van der Waals surface area contributed by atoms with Crippen molar-refractivity contribution in [2.24, 2.45) is 0 Å². The van der Waals surface area contributed by atoms with Crippen LogP contribution in [0.4, 0.5) is 0 Å². The highest BCUT2D eigenvalue weighted by Crippen LogP contribution is 2.19. The van der Waals surface area contributed by atoms with E-state index < -0.39 is 0 Å². The summed E-state index contributed by atoms with van der Waals surface area (Å²) in [4.78, 5) is 28.8. The second-order valence-electron chi connectivity index (χ2n) is 7.57. The first-order valence-electron chi connectivity index (χ1n) is 10.4. The van der Waals surface area contributed by atoms with Crippen molar-refractivity contribution < 1.29 is 14.3 Å². The van der Waals surface area contributed by atoms with E-state index in [0.29, 0.717) is 52.3 Å². The maximum Gasteiger partial charge on any atom is 0.234 e. The minimum atomic E-state index is -0.00796. The first-order chi connectivity index (χ1) is 14.5. The Bertz CT molecular complexity index is 857. The van der Waals surface area contributed by atoms with E-state index in [1.807, 2.05) is 53.8 Å². The zero-order valence-corrected chi connectivity index (χ0v) is 18.1. The van der Waals surface area contributed by atoms with Crippen molar-refractivity contribution in [3.8, 4) is 5.69 Å². The first-order valence-corrected chi connectivity index (χ1v) is 10.4. The lowest BCUT2D eigenvalue weighted by Crippen LogP contribution is -2.51. The van der Waals surface area contributed by atoms with Gasteiger partial charge in [0.2, 0.25) is 11.8 Å². The Balaban J connectivity index is 1.53. The van der Waals surface area contributed by atoms with Crippen LogP contribution in [-0.4, -0.2) is 84.4 Å². The van der Waals surface area contributed by atoms with Crippen LogP contribution >= 0.6 is 0 Å². The van der Waals surface area contributed by atoms with Gasteiger partial charge in [-0.1, -0.05) is 18.2 Å². The summed E-state index contributed by atoms with van der Waals surface area (Å²) in [6.07, 6.45) is 0.349. The van der Waals surface area contributed by atoms with E-state index >= 15 is 0 Å². The summed E-state index contributed by atoms with van der Waals surface area (Å²) in [6, 6.07) is 9.95. The monoisotopic (exact) mass is 413 g/mol. The van der Waals surface area contributed by atoms with Crippen molar-refractivity contribution >= 4 is 11.8 Å². The summed E-state index contributed by atoms with van der Waals surface area (Å²) in [5.74, 6) is 0.101. The standard InChI is InChI=1S/C22H31N5O3/c1-17-20(18(2)27(24-17)19-7-5-4-6-8-19)15-22(29)26-12-10-25(11-13-26)16-21(28)23-9-14-30-3/h4-8H,9-16H2,1-3H3,(H,23,28). The molecule has 0 radical (unpaired) electrons. The molecule has 0 bridgehead atoms. The second kappa shape index (κ2) is 10.4. The van der Waals surface area contributed by atoms with Gasteiger partial charge in [0.15, 0.2) is 0 Å². The number of nitrogens with zero attached hydrogens (tertiary/aromatic N) is 4. The van der Waals surface area contributed by atoms with Gasteiger partial charge in [-0.05, 0) is 26.0 Å². The number of nitrogens with one attached hydrogen (secondary N) is 1. The number of ether oxygens (including phenoxy) is 1. The summed E-state index contributed by atoms with van der Waals surface area (Å²) in [7, 11) is 1.61. The lowest BCUT2D eigenvalue weighted by molar-refractivity contribution is -0.132. The Morgan fingerprint density at radius 2 is 1.80 bits per heavy atom. The van der Waals surface area contributed by atoms with Crippen molar-refractivity contribution in [1.29, 1.82) is 0 Å². The third kappa shape index (κ3) is 5.46. The number of piperazine rings is 1. The zero-order valence-electron chi connectivity index (χ0n) is 18.1. The molecule has 1 aliphatic heterocycles. The average Bonchev–Trinajstić information content (AvgIpc) is 3.03. The Morgan fingerprint density at radius 3 is 2.47 bits per heavy atom. The number of carbonyl (C=O) groups is 2. The van der Waals surface area contributed by atoms with E-state index in [0.717, 1.165) is 22.6 Å². The van der Waals surface area contributed by atoms with Crippen molar-refractivity contribution in [2.45, 2.75) is 20.3 Å². The molecule has 1 aliphatic rings. The van der Waals surface area contributed by atoms with E-state index in [4.69, 9.17) is 4.74 Å². The molecule has 1 N–H and O–H groups in total. The fraction of sp³-hybridized carbons (Fsp3) is 0.500. The molecular formula is C22H31N5O3. The van der Waals surface area contributed by atoms with E-state index in [-0.39, 0.29) is 11.8 Å². The zero-order chi connectivity index (χ0) is 21.5. The molecule has 2 aromatic rings. The van der Waals surface area contributed by atoms with Gasteiger partial charge in [-0.15, -0.1) is 0 Å². The molecule has 0 aliphatic carbocycles. The molecule has 0 spiro atoms. The number of para-hydroxylation sites is 1. The Morgan fingerprint density at radius 1 is 1.10 bits per heavy atom. The summed E-state index contributed by atoms with van der Waals surface area (Å²) < 4.78 is 6.84. The fourth-order valence-electron chi connectivity index (χ4n) is 3.72. The number of aromatic nitrogens is 2. The minimum absolute atomic E-state index is 0.00796. The quantitative estimate of drug-likeness (QED) is 0.652. The van der Waals surface area contributed by atoms with Gasteiger partial charge in [-0.2, -0.15) is 5.10 Å². The topological polar surface area (TPSA) is 79.7 Å². The van der Waals surface area contributed by atoms with Crippen LogP contribution in [0.2, 0.25) is 0 Å². The van der Waals surface area contributed by atoms with Crippen LogP contribution < -0.4 is 5.32 Å². The molecule has 3 rings (SSSR count). The van der Waals surface area contributed by atoms with E-state index in [1.165, 1.54) is 0 Å². The highest BCUT2D eigenvalue weighted by molar-refractivity contribution is 5.80. The summed E-state index contributed by atoms with van der Waals surface area (Å²) in [6.45, 7) is 8.01. The van der Waals surface area contributed by atoms with Crippen molar-refractivity contribution in [1.82, 2.24) is 24.9 Å². The Kier molecular flexibility index (Phi) is 7.59. The van der Waals surface area contributed by atoms with Crippen LogP contribution in [0.3, 0.4) is 0 Å². The Labute approximate surface area is 177 Å². The average molecular weight is 414 g/mol. The van der Waals surface area contributed by atoms with Crippen LogP contribution in [0.1, 0.15) is 17.0 Å². The molecular weight excluding hydrogens is 382 g/mol. The molecule has 2 heterocycles. The van der Waals surface area contributed by atoms with Gasteiger partial charge >= 0.3 is 0 Å². The molecule has 8 nitrogen and oxygen atoms in total. The number of hydrogen-bond acceptors (Lipinski definition) is 5. The maximum atomic E-state index is 12.9. The molecule has 0 unspecified atom stereocenters. The van der Waals surface area contributed by atoms with Crippen LogP contribution in [0.15, 0.2) is 30.3 Å². The predicted molar refractivity (Wildman–Crippen MR) is 115 cm³/mol. The van der Waals surface area contributed by atoms with Crippen LogP contribution in [-0.2, 0) is 20.7 Å². The second-order valence-corrected chi connectivity index (χ2v) is 7.57. The lowest BCUT2D eigenvalue weighted by Gasteiger charge is -2.34. The number of carbonyl (C=O) groups excluding carboxylic acids is 2. The van der Waals surface area contributed by atoms with Gasteiger partial charge < -0.3 is 15.0 Å². The summed E-state index contributed by atoms with van der Waals surface area (Å²) >= 11 is 0. The SMILES string of the molecule is COCCNC(=O)CN1CCN(C(=O)Cc2c(C)nn(-c3ccccc3)c2C)CC1. The number of methoxy groups -OCH3 is 1. The highest BCUT2D eigenvalue weighted by atomic mass is 16.5. The van der Waals surface area contributed by atoms with Crippen molar-refractivity contribution in [3.63, 3.8) is 0 Å². The molecule has 8 heteroatoms. The van der Waals surface area contributed by atoms with Gasteiger partial charge in [0.1, 0.15) is 0 Å². The highest BCUT2D eigenvalue weighted by Gasteiger charge is 2.24. The van der Waals surface area contributed by atoms with Gasteiger partial charge in [0, 0.05) is 51.1 Å². The smallest absolute Gasteiger partial charge is 0.234 e. The summed E-state index contributed by atoms with van der Waals surface area (Å²) in [5.41, 5.74) is 3.87. The molecule has 1 aromatic carbocycles. The minimum Gasteiger partial charge on any atom is -0.383 e. The molecule has 162 valence electrons. The van der Waals surface area contributed by atoms with Gasteiger partial charge in [0.05, 0.1) is 31.0 Å². The van der Waals surface area contributed by atoms with Crippen molar-refractivity contribution in [3.05, 3.63) is 47.3 Å². The largest absolute Gasteiger partial charge is 0.383 e. The maximum absolute atomic E-state index is 12.9. The number of amides is 2. The summed E-state index contributed by atoms with van der Waals surface area (Å²) in [5, 5.41) is 7.47. The van der Waals surface area contributed by atoms with Gasteiger partial charge in [0.25, 0.3) is 0 Å². The first kappa shape index (κ1) is 22.0.